The summed E-state index contributed by atoms with van der Waals surface area (Å²) in [5.74, 6) is 4.61. The molecule has 0 saturated carbocycles. The molecule has 5 nitrogen and oxygen atoms in total. The molecular formula is C48H33N3O2. The van der Waals surface area contributed by atoms with Crippen LogP contribution < -0.4 is 9.47 Å². The van der Waals surface area contributed by atoms with Gasteiger partial charge in [-0.25, -0.2) is 15.0 Å². The molecule has 0 bridgehead atoms. The monoisotopic (exact) mass is 683 g/mol. The smallest absolute Gasteiger partial charge is 0.177 e. The van der Waals surface area contributed by atoms with Crippen LogP contribution in [0.25, 0.3) is 67.5 Å². The molecule has 0 amide bonds. The van der Waals surface area contributed by atoms with E-state index < -0.39 is 0 Å². The number of nitrogens with zero attached hydrogens (tertiary/aromatic N) is 3. The maximum atomic E-state index is 6.77. The second kappa shape index (κ2) is 12.1. The van der Waals surface area contributed by atoms with E-state index in [0.29, 0.717) is 34.7 Å². The van der Waals surface area contributed by atoms with Gasteiger partial charge in [-0.2, -0.15) is 0 Å². The van der Waals surface area contributed by atoms with E-state index in [0.717, 1.165) is 44.7 Å². The Morgan fingerprint density at radius 1 is 0.358 bits per heavy atom. The van der Waals surface area contributed by atoms with Crippen LogP contribution >= 0.6 is 0 Å². The Morgan fingerprint density at radius 2 is 0.925 bits per heavy atom. The van der Waals surface area contributed by atoms with Gasteiger partial charge in [0, 0.05) is 27.7 Å². The van der Waals surface area contributed by atoms with E-state index >= 15 is 0 Å². The summed E-state index contributed by atoms with van der Waals surface area (Å²) in [4.78, 5) is 15.2. The molecule has 10 rings (SSSR count). The van der Waals surface area contributed by atoms with Gasteiger partial charge in [0.15, 0.2) is 40.5 Å². The highest BCUT2D eigenvalue weighted by atomic mass is 16.6. The zero-order chi connectivity index (χ0) is 35.5. The number of ether oxygens (including phenoxy) is 2. The SMILES string of the molecule is CC1(C)c2ccccc2-c2cc3c(cc21)Oc1c(cccc1-c1cccc(-c2nc(-c4ccccc4)nc(-c4ccccc4-c4ccccc4)n2)c1)O3. The van der Waals surface area contributed by atoms with E-state index in [9.17, 15) is 0 Å². The molecule has 0 fully saturated rings. The number of para-hydroxylation sites is 1. The lowest BCUT2D eigenvalue weighted by molar-refractivity contribution is 0.360. The molecule has 1 aromatic heterocycles. The fraction of sp³-hybridized carbons (Fsp3) is 0.0625. The zero-order valence-electron chi connectivity index (χ0n) is 29.2. The molecule has 0 spiro atoms. The van der Waals surface area contributed by atoms with Crippen molar-refractivity contribution in [3.63, 3.8) is 0 Å². The Kier molecular flexibility index (Phi) is 7.08. The Bertz CT molecular complexity index is 2700. The summed E-state index contributed by atoms with van der Waals surface area (Å²) in [6.45, 7) is 4.54. The van der Waals surface area contributed by atoms with Crippen LogP contribution in [0.1, 0.15) is 25.0 Å². The lowest BCUT2D eigenvalue weighted by Crippen LogP contribution is -2.15. The first-order valence-corrected chi connectivity index (χ1v) is 17.9. The van der Waals surface area contributed by atoms with Gasteiger partial charge in [-0.3, -0.25) is 0 Å². The van der Waals surface area contributed by atoms with Gasteiger partial charge in [0.05, 0.1) is 0 Å². The number of benzene rings is 7. The molecule has 2 aliphatic rings. The van der Waals surface area contributed by atoms with Gasteiger partial charge in [-0.15, -0.1) is 0 Å². The van der Waals surface area contributed by atoms with Crippen molar-refractivity contribution in [1.29, 1.82) is 0 Å². The second-order valence-corrected chi connectivity index (χ2v) is 14.0. The van der Waals surface area contributed by atoms with Gasteiger partial charge >= 0.3 is 0 Å². The van der Waals surface area contributed by atoms with Crippen LogP contribution in [0.4, 0.5) is 0 Å². The standard InChI is InChI=1S/C48H33N3O2/c1-48(2)39-25-12-11-22-36(39)38-28-42-43(29-40(38)48)53-44-35(24-14-26-41(44)52-42)32-19-13-20-33(27-32)46-49-45(31-17-7-4-8-18-31)50-47(51-46)37-23-10-9-21-34(37)30-15-5-3-6-16-30/h3-29H,1-2H3. The van der Waals surface area contributed by atoms with Crippen molar-refractivity contribution in [2.24, 2.45) is 0 Å². The fourth-order valence-corrected chi connectivity index (χ4v) is 7.74. The van der Waals surface area contributed by atoms with Crippen molar-refractivity contribution in [3.05, 3.63) is 175 Å². The van der Waals surface area contributed by atoms with Crippen molar-refractivity contribution in [2.75, 3.05) is 0 Å². The molecule has 0 N–H and O–H groups in total. The largest absolute Gasteiger partial charge is 0.449 e. The van der Waals surface area contributed by atoms with Gasteiger partial charge in [0.1, 0.15) is 0 Å². The normalized spacial score (nSPS) is 13.2. The molecule has 5 heteroatoms. The fourth-order valence-electron chi connectivity index (χ4n) is 7.74. The minimum Gasteiger partial charge on any atom is -0.449 e. The van der Waals surface area contributed by atoms with Crippen molar-refractivity contribution >= 4 is 0 Å². The predicted molar refractivity (Wildman–Crippen MR) is 211 cm³/mol. The zero-order valence-corrected chi connectivity index (χ0v) is 29.2. The Hall–Kier alpha value is -6.85. The second-order valence-electron chi connectivity index (χ2n) is 14.0. The highest BCUT2D eigenvalue weighted by molar-refractivity contribution is 5.85. The summed E-state index contributed by atoms with van der Waals surface area (Å²) in [6.07, 6.45) is 0. The molecule has 1 aliphatic carbocycles. The number of hydrogen-bond acceptors (Lipinski definition) is 5. The summed E-state index contributed by atoms with van der Waals surface area (Å²) >= 11 is 0. The minimum absolute atomic E-state index is 0.151. The van der Waals surface area contributed by atoms with E-state index in [1.165, 1.54) is 22.3 Å². The van der Waals surface area contributed by atoms with Gasteiger partial charge in [-0.1, -0.05) is 153 Å². The van der Waals surface area contributed by atoms with Crippen molar-refractivity contribution < 1.29 is 9.47 Å². The lowest BCUT2D eigenvalue weighted by atomic mass is 9.82. The first-order valence-electron chi connectivity index (χ1n) is 17.9. The Labute approximate surface area is 308 Å². The number of fused-ring (bicyclic) bond motifs is 5. The predicted octanol–water partition coefficient (Wildman–Crippen LogP) is 12.4. The summed E-state index contributed by atoms with van der Waals surface area (Å²) in [5.41, 5.74) is 11.6. The van der Waals surface area contributed by atoms with Crippen molar-refractivity contribution in [1.82, 2.24) is 15.0 Å². The van der Waals surface area contributed by atoms with E-state index in [-0.39, 0.29) is 5.41 Å². The summed E-state index contributed by atoms with van der Waals surface area (Å²) in [6, 6.07) is 55.9. The van der Waals surface area contributed by atoms with Crippen molar-refractivity contribution in [3.8, 4) is 90.5 Å². The first kappa shape index (κ1) is 30.9. The molecule has 0 unspecified atom stereocenters. The van der Waals surface area contributed by atoms with E-state index in [2.05, 4.69) is 92.7 Å². The quantitative estimate of drug-likeness (QED) is 0.181. The topological polar surface area (TPSA) is 57.1 Å². The molecular weight excluding hydrogens is 651 g/mol. The van der Waals surface area contributed by atoms with Gasteiger partial charge in [0.25, 0.3) is 0 Å². The molecule has 8 aromatic rings. The van der Waals surface area contributed by atoms with Crippen LogP contribution in [0.5, 0.6) is 23.0 Å². The maximum absolute atomic E-state index is 6.77. The molecule has 252 valence electrons. The van der Waals surface area contributed by atoms with Gasteiger partial charge < -0.3 is 9.47 Å². The average Bonchev–Trinajstić information content (AvgIpc) is 3.44. The summed E-state index contributed by atoms with van der Waals surface area (Å²) in [5, 5.41) is 0. The average molecular weight is 684 g/mol. The van der Waals surface area contributed by atoms with Crippen LogP contribution in [-0.4, -0.2) is 15.0 Å². The third kappa shape index (κ3) is 5.20. The maximum Gasteiger partial charge on any atom is 0.177 e. The van der Waals surface area contributed by atoms with Gasteiger partial charge in [0.2, 0.25) is 0 Å². The third-order valence-electron chi connectivity index (χ3n) is 10.4. The number of hydrogen-bond donors (Lipinski definition) is 0. The lowest BCUT2D eigenvalue weighted by Gasteiger charge is -2.26. The highest BCUT2D eigenvalue weighted by Gasteiger charge is 2.37. The Morgan fingerprint density at radius 3 is 1.72 bits per heavy atom. The van der Waals surface area contributed by atoms with Crippen LogP contribution in [0.3, 0.4) is 0 Å². The van der Waals surface area contributed by atoms with Crippen LogP contribution in [0, 0.1) is 0 Å². The van der Waals surface area contributed by atoms with Gasteiger partial charge in [-0.05, 0) is 63.2 Å². The molecule has 53 heavy (non-hydrogen) atoms. The molecule has 0 atom stereocenters. The molecule has 0 radical (unpaired) electrons. The Balaban J connectivity index is 1.07. The first-order chi connectivity index (χ1) is 26.0. The molecule has 2 heterocycles. The summed E-state index contributed by atoms with van der Waals surface area (Å²) in [7, 11) is 0. The van der Waals surface area contributed by atoms with E-state index in [1.807, 2.05) is 84.9 Å². The minimum atomic E-state index is -0.151. The van der Waals surface area contributed by atoms with Crippen LogP contribution in [-0.2, 0) is 5.41 Å². The van der Waals surface area contributed by atoms with Crippen molar-refractivity contribution in [2.45, 2.75) is 19.3 Å². The van der Waals surface area contributed by atoms with E-state index in [4.69, 9.17) is 24.4 Å². The summed E-state index contributed by atoms with van der Waals surface area (Å²) < 4.78 is 13.4. The van der Waals surface area contributed by atoms with Crippen LogP contribution in [0.2, 0.25) is 0 Å². The van der Waals surface area contributed by atoms with Crippen LogP contribution in [0.15, 0.2) is 164 Å². The molecule has 1 aliphatic heterocycles. The van der Waals surface area contributed by atoms with E-state index in [1.54, 1.807) is 0 Å². The number of rotatable bonds is 5. The molecule has 7 aromatic carbocycles. The third-order valence-corrected chi connectivity index (χ3v) is 10.4. The number of aromatic nitrogens is 3. The highest BCUT2D eigenvalue weighted by Crippen LogP contribution is 2.56. The molecule has 0 saturated heterocycles.